The van der Waals surface area contributed by atoms with Crippen molar-refractivity contribution >= 4 is 17.3 Å². The molecule has 1 aromatic carbocycles. The van der Waals surface area contributed by atoms with Crippen molar-refractivity contribution in [1.29, 1.82) is 0 Å². The summed E-state index contributed by atoms with van der Waals surface area (Å²) in [7, 11) is 1.54. The topological polar surface area (TPSA) is 73.6 Å². The fraction of sp³-hybridized carbons (Fsp3) is 0.417. The number of methoxy groups -OCH3 is 1. The number of nitrogens with two attached hydrogens (primary N) is 1. The third-order valence-corrected chi connectivity index (χ3v) is 2.80. The Bertz CT molecular complexity index is 414. The lowest BCUT2D eigenvalue weighted by atomic mass is 10.1. The SMILES string of the molecule is COc1cc(NC(=O)C2CCOC2)ccc1N. The lowest BCUT2D eigenvalue weighted by molar-refractivity contribution is -0.119. The zero-order chi connectivity index (χ0) is 12.3. The van der Waals surface area contributed by atoms with E-state index in [1.165, 1.54) is 0 Å². The zero-order valence-corrected chi connectivity index (χ0v) is 9.73. The average Bonchev–Trinajstić information content (AvgIpc) is 2.85. The number of hydrogen-bond donors (Lipinski definition) is 2. The van der Waals surface area contributed by atoms with Crippen LogP contribution in [-0.4, -0.2) is 26.2 Å². The van der Waals surface area contributed by atoms with Crippen LogP contribution < -0.4 is 15.8 Å². The van der Waals surface area contributed by atoms with Gasteiger partial charge in [-0.05, 0) is 18.6 Å². The van der Waals surface area contributed by atoms with Crippen LogP contribution in [0.15, 0.2) is 18.2 Å². The molecule has 92 valence electrons. The summed E-state index contributed by atoms with van der Waals surface area (Å²) >= 11 is 0. The minimum Gasteiger partial charge on any atom is -0.495 e. The highest BCUT2D eigenvalue weighted by atomic mass is 16.5. The molecule has 0 aliphatic carbocycles. The summed E-state index contributed by atoms with van der Waals surface area (Å²) in [5.41, 5.74) is 6.93. The summed E-state index contributed by atoms with van der Waals surface area (Å²) in [6, 6.07) is 5.17. The van der Waals surface area contributed by atoms with Crippen LogP contribution in [0.2, 0.25) is 0 Å². The molecule has 0 radical (unpaired) electrons. The van der Waals surface area contributed by atoms with Crippen molar-refractivity contribution in [2.45, 2.75) is 6.42 Å². The van der Waals surface area contributed by atoms with E-state index in [4.69, 9.17) is 15.2 Å². The van der Waals surface area contributed by atoms with Crippen molar-refractivity contribution in [3.8, 4) is 5.75 Å². The number of rotatable bonds is 3. The second-order valence-electron chi connectivity index (χ2n) is 4.01. The molecule has 0 bridgehead atoms. The Morgan fingerprint density at radius 3 is 3.06 bits per heavy atom. The molecule has 17 heavy (non-hydrogen) atoms. The van der Waals surface area contributed by atoms with Crippen molar-refractivity contribution in [2.75, 3.05) is 31.4 Å². The van der Waals surface area contributed by atoms with Crippen molar-refractivity contribution in [1.82, 2.24) is 0 Å². The predicted molar refractivity (Wildman–Crippen MR) is 65.0 cm³/mol. The maximum atomic E-state index is 11.8. The third kappa shape index (κ3) is 2.68. The van der Waals surface area contributed by atoms with E-state index in [2.05, 4.69) is 5.32 Å². The fourth-order valence-corrected chi connectivity index (χ4v) is 1.77. The van der Waals surface area contributed by atoms with Crippen molar-refractivity contribution in [3.63, 3.8) is 0 Å². The Labute approximate surface area is 99.9 Å². The molecule has 1 aliphatic rings. The van der Waals surface area contributed by atoms with Crippen LogP contribution in [-0.2, 0) is 9.53 Å². The standard InChI is InChI=1S/C12H16N2O3/c1-16-11-6-9(2-3-10(11)13)14-12(15)8-4-5-17-7-8/h2-3,6,8H,4-5,7,13H2,1H3,(H,14,15). The molecule has 5 heteroatoms. The first-order valence-corrected chi connectivity index (χ1v) is 5.53. The van der Waals surface area contributed by atoms with Gasteiger partial charge in [0.25, 0.3) is 0 Å². The van der Waals surface area contributed by atoms with E-state index in [9.17, 15) is 4.79 Å². The summed E-state index contributed by atoms with van der Waals surface area (Å²) < 4.78 is 10.3. The van der Waals surface area contributed by atoms with E-state index >= 15 is 0 Å². The van der Waals surface area contributed by atoms with E-state index in [0.717, 1.165) is 6.42 Å². The molecule has 0 spiro atoms. The van der Waals surface area contributed by atoms with Gasteiger partial charge in [0.15, 0.2) is 0 Å². The van der Waals surface area contributed by atoms with E-state index in [-0.39, 0.29) is 11.8 Å². The maximum Gasteiger partial charge on any atom is 0.229 e. The van der Waals surface area contributed by atoms with E-state index < -0.39 is 0 Å². The van der Waals surface area contributed by atoms with Gasteiger partial charge >= 0.3 is 0 Å². The average molecular weight is 236 g/mol. The summed E-state index contributed by atoms with van der Waals surface area (Å²) in [4.78, 5) is 11.8. The Morgan fingerprint density at radius 1 is 1.59 bits per heavy atom. The molecule has 5 nitrogen and oxygen atoms in total. The predicted octanol–water partition coefficient (Wildman–Crippen LogP) is 1.25. The Morgan fingerprint density at radius 2 is 2.41 bits per heavy atom. The molecule has 1 unspecified atom stereocenters. The highest BCUT2D eigenvalue weighted by Crippen LogP contribution is 2.25. The van der Waals surface area contributed by atoms with E-state index in [1.54, 1.807) is 25.3 Å². The van der Waals surface area contributed by atoms with Crippen LogP contribution in [0, 0.1) is 5.92 Å². The monoisotopic (exact) mass is 236 g/mol. The molecule has 0 aromatic heterocycles. The molecule has 1 aromatic rings. The van der Waals surface area contributed by atoms with Crippen LogP contribution in [0.25, 0.3) is 0 Å². The molecule has 1 amide bonds. The number of nitrogens with one attached hydrogen (secondary N) is 1. The number of benzene rings is 1. The highest BCUT2D eigenvalue weighted by Gasteiger charge is 2.23. The van der Waals surface area contributed by atoms with Gasteiger partial charge in [-0.3, -0.25) is 4.79 Å². The molecule has 1 heterocycles. The van der Waals surface area contributed by atoms with Crippen LogP contribution in [0.4, 0.5) is 11.4 Å². The number of carbonyl (C=O) groups excluding carboxylic acids is 1. The Kier molecular flexibility index (Phi) is 3.49. The van der Waals surface area contributed by atoms with E-state index in [0.29, 0.717) is 30.3 Å². The van der Waals surface area contributed by atoms with Crippen molar-refractivity contribution in [3.05, 3.63) is 18.2 Å². The fourth-order valence-electron chi connectivity index (χ4n) is 1.77. The second kappa shape index (κ2) is 5.05. The molecule has 0 saturated carbocycles. The minimum atomic E-state index is -0.0569. The number of carbonyl (C=O) groups is 1. The highest BCUT2D eigenvalue weighted by molar-refractivity contribution is 5.93. The first-order valence-electron chi connectivity index (χ1n) is 5.53. The number of nitrogen functional groups attached to an aromatic ring is 1. The van der Waals surface area contributed by atoms with Gasteiger partial charge in [-0.25, -0.2) is 0 Å². The van der Waals surface area contributed by atoms with Crippen molar-refractivity contribution in [2.24, 2.45) is 5.92 Å². The van der Waals surface area contributed by atoms with Crippen LogP contribution in [0.5, 0.6) is 5.75 Å². The smallest absolute Gasteiger partial charge is 0.229 e. The van der Waals surface area contributed by atoms with E-state index in [1.807, 2.05) is 0 Å². The number of amides is 1. The lowest BCUT2D eigenvalue weighted by Gasteiger charge is -2.11. The molecule has 1 atom stereocenters. The molecular formula is C12H16N2O3. The lowest BCUT2D eigenvalue weighted by Crippen LogP contribution is -2.22. The summed E-state index contributed by atoms with van der Waals surface area (Å²) in [5.74, 6) is 0.485. The first-order chi connectivity index (χ1) is 8.20. The van der Waals surface area contributed by atoms with Crippen LogP contribution in [0.3, 0.4) is 0 Å². The van der Waals surface area contributed by atoms with Crippen LogP contribution in [0.1, 0.15) is 6.42 Å². The van der Waals surface area contributed by atoms with Gasteiger partial charge in [0.1, 0.15) is 5.75 Å². The van der Waals surface area contributed by atoms with Gasteiger partial charge < -0.3 is 20.5 Å². The zero-order valence-electron chi connectivity index (χ0n) is 9.73. The van der Waals surface area contributed by atoms with Gasteiger partial charge in [-0.1, -0.05) is 0 Å². The summed E-state index contributed by atoms with van der Waals surface area (Å²) in [6.07, 6.45) is 0.776. The first kappa shape index (κ1) is 11.7. The van der Waals surface area contributed by atoms with Gasteiger partial charge in [-0.15, -0.1) is 0 Å². The van der Waals surface area contributed by atoms with Crippen LogP contribution >= 0.6 is 0 Å². The number of hydrogen-bond acceptors (Lipinski definition) is 4. The largest absolute Gasteiger partial charge is 0.495 e. The maximum absolute atomic E-state index is 11.8. The Hall–Kier alpha value is -1.75. The minimum absolute atomic E-state index is 0.0191. The third-order valence-electron chi connectivity index (χ3n) is 2.80. The molecule has 2 rings (SSSR count). The van der Waals surface area contributed by atoms with Gasteiger partial charge in [-0.2, -0.15) is 0 Å². The molecule has 3 N–H and O–H groups in total. The number of anilines is 2. The normalized spacial score (nSPS) is 19.0. The molecular weight excluding hydrogens is 220 g/mol. The van der Waals surface area contributed by atoms with Gasteiger partial charge in [0.05, 0.1) is 25.3 Å². The number of ether oxygens (including phenoxy) is 2. The molecule has 1 aliphatic heterocycles. The Balaban J connectivity index is 2.05. The summed E-state index contributed by atoms with van der Waals surface area (Å²) in [5, 5.41) is 2.83. The van der Waals surface area contributed by atoms with Gasteiger partial charge in [0, 0.05) is 18.4 Å². The molecule has 1 saturated heterocycles. The quantitative estimate of drug-likeness (QED) is 0.775. The second-order valence-corrected chi connectivity index (χ2v) is 4.01. The van der Waals surface area contributed by atoms with Crippen molar-refractivity contribution < 1.29 is 14.3 Å². The van der Waals surface area contributed by atoms with Gasteiger partial charge in [0.2, 0.25) is 5.91 Å². The summed E-state index contributed by atoms with van der Waals surface area (Å²) in [6.45, 7) is 1.15. The molecule has 1 fully saturated rings.